The van der Waals surface area contributed by atoms with Crippen LogP contribution in [0, 0.1) is 0 Å². The highest BCUT2D eigenvalue weighted by atomic mass is 35.5. The van der Waals surface area contributed by atoms with E-state index in [-0.39, 0.29) is 27.8 Å². The molecule has 0 spiro atoms. The maximum Gasteiger partial charge on any atom is 0.501 e. The van der Waals surface area contributed by atoms with Gasteiger partial charge >= 0.3 is 5.51 Å². The predicted octanol–water partition coefficient (Wildman–Crippen LogP) is 2.62. The van der Waals surface area contributed by atoms with Gasteiger partial charge in [0.15, 0.2) is 11.6 Å². The van der Waals surface area contributed by atoms with Crippen molar-refractivity contribution in [2.45, 2.75) is 36.8 Å². The van der Waals surface area contributed by atoms with Crippen LogP contribution >= 0.6 is 11.6 Å². The maximum absolute atomic E-state index is 13.0. The molecule has 2 heterocycles. The topological polar surface area (TPSA) is 120 Å². The molecule has 1 amide bonds. The van der Waals surface area contributed by atoms with Crippen molar-refractivity contribution in [3.8, 4) is 5.82 Å². The summed E-state index contributed by atoms with van der Waals surface area (Å²) in [5, 5.41) is 7.90. The molecule has 10 nitrogen and oxygen atoms in total. The fourth-order valence-corrected chi connectivity index (χ4v) is 4.15. The van der Waals surface area contributed by atoms with Gasteiger partial charge in [0, 0.05) is 30.2 Å². The van der Waals surface area contributed by atoms with Gasteiger partial charge < -0.3 is 4.90 Å². The molecule has 0 saturated heterocycles. The third-order valence-corrected chi connectivity index (χ3v) is 6.64. The van der Waals surface area contributed by atoms with Gasteiger partial charge in [-0.05, 0) is 38.1 Å². The number of halogens is 4. The highest BCUT2D eigenvalue weighted by molar-refractivity contribution is 7.92. The van der Waals surface area contributed by atoms with E-state index >= 15 is 0 Å². The van der Waals surface area contributed by atoms with Crippen LogP contribution in [0.3, 0.4) is 0 Å². The second kappa shape index (κ2) is 9.18. The van der Waals surface area contributed by atoms with Gasteiger partial charge in [-0.25, -0.2) is 18.1 Å². The first-order chi connectivity index (χ1) is 15.8. The molecule has 34 heavy (non-hydrogen) atoms. The summed E-state index contributed by atoms with van der Waals surface area (Å²) in [6.45, 7) is 3.61. The Morgan fingerprint density at radius 3 is 2.53 bits per heavy atom. The van der Waals surface area contributed by atoms with Crippen LogP contribution in [-0.4, -0.2) is 56.3 Å². The predicted molar refractivity (Wildman–Crippen MR) is 114 cm³/mol. The summed E-state index contributed by atoms with van der Waals surface area (Å²) in [6.07, 6.45) is 1.21. The van der Waals surface area contributed by atoms with E-state index in [0.717, 1.165) is 11.0 Å². The number of alkyl halides is 3. The van der Waals surface area contributed by atoms with Gasteiger partial charge in [0.2, 0.25) is 0 Å². The normalized spacial score (nSPS) is 13.0. The zero-order valence-electron chi connectivity index (χ0n) is 18.0. The van der Waals surface area contributed by atoms with Gasteiger partial charge in [-0.1, -0.05) is 11.6 Å². The number of hydrogen-bond donors (Lipinski definition) is 0. The van der Waals surface area contributed by atoms with Crippen LogP contribution < -0.4 is 5.56 Å². The summed E-state index contributed by atoms with van der Waals surface area (Å²) in [7, 11) is -4.36. The van der Waals surface area contributed by atoms with E-state index in [1.807, 2.05) is 0 Å². The zero-order chi connectivity index (χ0) is 25.4. The second-order valence-electron chi connectivity index (χ2n) is 7.09. The quantitative estimate of drug-likeness (QED) is 0.492. The van der Waals surface area contributed by atoms with Crippen LogP contribution in [0.1, 0.15) is 36.1 Å². The number of carbonyl (C=O) groups is 1. The number of aryl methyl sites for hydroxylation is 1. The minimum Gasteiger partial charge on any atom is -0.332 e. The molecule has 182 valence electrons. The molecule has 0 saturated carbocycles. The average molecular weight is 519 g/mol. The van der Waals surface area contributed by atoms with Crippen LogP contribution in [0.15, 0.2) is 46.3 Å². The lowest BCUT2D eigenvalue weighted by molar-refractivity contribution is -0.0436. The molecule has 0 aliphatic heterocycles. The van der Waals surface area contributed by atoms with Crippen LogP contribution in [0.25, 0.3) is 5.82 Å². The molecule has 0 aliphatic carbocycles. The van der Waals surface area contributed by atoms with Gasteiger partial charge in [-0.3, -0.25) is 9.59 Å². The molecule has 0 fully saturated rings. The van der Waals surface area contributed by atoms with Crippen molar-refractivity contribution in [1.82, 2.24) is 29.4 Å². The maximum atomic E-state index is 13.0. The van der Waals surface area contributed by atoms with E-state index < -0.39 is 32.2 Å². The van der Waals surface area contributed by atoms with E-state index in [1.165, 1.54) is 34.9 Å². The number of benzene rings is 1. The first-order valence-corrected chi connectivity index (χ1v) is 11.5. The second-order valence-corrected chi connectivity index (χ2v) is 9.47. The first kappa shape index (κ1) is 25.4. The van der Waals surface area contributed by atoms with Gasteiger partial charge in [-0.2, -0.15) is 23.0 Å². The van der Waals surface area contributed by atoms with Crippen LogP contribution in [-0.2, 0) is 16.4 Å². The number of sulfone groups is 1. The molecule has 0 bridgehead atoms. The van der Waals surface area contributed by atoms with Gasteiger partial charge in [0.25, 0.3) is 21.3 Å². The Hall–Kier alpha value is -3.26. The lowest BCUT2D eigenvalue weighted by atomic mass is 10.1. The highest BCUT2D eigenvalue weighted by Crippen LogP contribution is 2.33. The number of hydrogen-bond acceptors (Lipinski definition) is 7. The van der Waals surface area contributed by atoms with E-state index in [9.17, 15) is 31.2 Å². The minimum atomic E-state index is -5.71. The van der Waals surface area contributed by atoms with E-state index in [1.54, 1.807) is 13.8 Å². The van der Waals surface area contributed by atoms with Crippen molar-refractivity contribution in [3.63, 3.8) is 0 Å². The summed E-state index contributed by atoms with van der Waals surface area (Å²) in [4.78, 5) is 29.0. The summed E-state index contributed by atoms with van der Waals surface area (Å²) >= 11 is 5.82. The zero-order valence-corrected chi connectivity index (χ0v) is 19.6. The molecule has 1 atom stereocenters. The van der Waals surface area contributed by atoms with E-state index in [0.29, 0.717) is 18.7 Å². The Labute approximate surface area is 196 Å². The number of aromatic nitrogens is 5. The third kappa shape index (κ3) is 4.68. The lowest BCUT2D eigenvalue weighted by Gasteiger charge is -2.25. The molecule has 0 aliphatic rings. The summed E-state index contributed by atoms with van der Waals surface area (Å²) < 4.78 is 65.0. The number of carbonyl (C=O) groups excluding carboxylic acids is 1. The minimum absolute atomic E-state index is 0.231. The van der Waals surface area contributed by atoms with Crippen LogP contribution in [0.2, 0.25) is 5.02 Å². The number of nitrogens with zero attached hydrogens (tertiary/aromatic N) is 6. The fourth-order valence-electron chi connectivity index (χ4n) is 3.02. The van der Waals surface area contributed by atoms with Crippen molar-refractivity contribution in [2.24, 2.45) is 0 Å². The monoisotopic (exact) mass is 518 g/mol. The summed E-state index contributed by atoms with van der Waals surface area (Å²) in [6, 6.07) is 4.23. The summed E-state index contributed by atoms with van der Waals surface area (Å²) in [5.41, 5.74) is -6.25. The Kier molecular flexibility index (Phi) is 6.85. The third-order valence-electron chi connectivity index (χ3n) is 4.95. The molecule has 3 rings (SSSR count). The van der Waals surface area contributed by atoms with E-state index in [2.05, 4.69) is 15.2 Å². The molecular weight excluding hydrogens is 501 g/mol. The van der Waals surface area contributed by atoms with Crippen molar-refractivity contribution in [3.05, 3.63) is 63.4 Å². The van der Waals surface area contributed by atoms with E-state index in [4.69, 9.17) is 11.6 Å². The molecule has 3 aromatic rings. The van der Waals surface area contributed by atoms with Crippen LogP contribution in [0.5, 0.6) is 0 Å². The largest absolute Gasteiger partial charge is 0.501 e. The lowest BCUT2D eigenvalue weighted by Crippen LogP contribution is -2.32. The Morgan fingerprint density at radius 2 is 1.91 bits per heavy atom. The average Bonchev–Trinajstić information content (AvgIpc) is 3.26. The van der Waals surface area contributed by atoms with Crippen molar-refractivity contribution in [1.29, 1.82) is 0 Å². The highest BCUT2D eigenvalue weighted by Gasteiger charge is 2.47. The van der Waals surface area contributed by atoms with Gasteiger partial charge in [0.05, 0.1) is 10.9 Å². The van der Waals surface area contributed by atoms with Crippen LogP contribution in [0.4, 0.5) is 13.2 Å². The Balaban J connectivity index is 1.97. The van der Waals surface area contributed by atoms with Crippen molar-refractivity contribution < 1.29 is 26.4 Å². The Bertz CT molecular complexity index is 1400. The fraction of sp³-hybridized carbons (Fsp3) is 0.316. The first-order valence-electron chi connectivity index (χ1n) is 9.65. The molecule has 0 N–H and O–H groups in total. The van der Waals surface area contributed by atoms with Crippen molar-refractivity contribution >= 4 is 27.3 Å². The molecule has 1 aromatic carbocycles. The number of amides is 1. The smallest absolute Gasteiger partial charge is 0.332 e. The molecular formula is C19H18ClF3N6O4S. The standard InChI is InChI=1S/C19H18ClF3N6O4S/c1-4-28-16(30)6-5-15(26-28)29-17(24-10-25-29)11(2)27(3)18(31)12-7-13(20)9-14(8-12)34(32,33)19(21,22)23/h5-11H,4H2,1-3H3/t11-/m0/s1. The van der Waals surface area contributed by atoms with Gasteiger partial charge in [0.1, 0.15) is 6.33 Å². The molecule has 2 aromatic heterocycles. The Morgan fingerprint density at radius 1 is 1.24 bits per heavy atom. The van der Waals surface area contributed by atoms with Gasteiger partial charge in [-0.15, -0.1) is 5.10 Å². The SMILES string of the molecule is CCn1nc(-n2ncnc2[C@H](C)N(C)C(=O)c2cc(Cl)cc(S(=O)(=O)C(F)(F)F)c2)ccc1=O. The van der Waals surface area contributed by atoms with Crippen molar-refractivity contribution in [2.75, 3.05) is 7.05 Å². The summed E-state index contributed by atoms with van der Waals surface area (Å²) in [5.74, 6) is -0.326. The molecule has 0 unspecified atom stereocenters. The number of rotatable bonds is 6. The molecule has 0 radical (unpaired) electrons. The molecule has 15 heteroatoms.